The van der Waals surface area contributed by atoms with Gasteiger partial charge in [0, 0.05) is 13.6 Å². The highest BCUT2D eigenvalue weighted by Gasteiger charge is 2.27. The summed E-state index contributed by atoms with van der Waals surface area (Å²) in [5.74, 6) is -0.529. The third-order valence-corrected chi connectivity index (χ3v) is 4.78. The van der Waals surface area contributed by atoms with Crippen LogP contribution in [0, 0.1) is 5.92 Å². The third kappa shape index (κ3) is 6.02. The highest BCUT2D eigenvalue weighted by molar-refractivity contribution is 7.12. The van der Waals surface area contributed by atoms with E-state index in [9.17, 15) is 18.4 Å². The van der Waals surface area contributed by atoms with Crippen molar-refractivity contribution >= 4 is 23.2 Å². The highest BCUT2D eigenvalue weighted by atomic mass is 32.1. The van der Waals surface area contributed by atoms with E-state index >= 15 is 0 Å². The number of carbonyl (C=O) groups is 2. The summed E-state index contributed by atoms with van der Waals surface area (Å²) in [4.78, 5) is 27.1. The van der Waals surface area contributed by atoms with Crippen molar-refractivity contribution in [3.63, 3.8) is 0 Å². The molecule has 1 N–H and O–H groups in total. The van der Waals surface area contributed by atoms with Crippen LogP contribution >= 0.6 is 11.3 Å². The van der Waals surface area contributed by atoms with Gasteiger partial charge in [0.15, 0.2) is 0 Å². The second kappa shape index (κ2) is 9.45. The van der Waals surface area contributed by atoms with E-state index in [1.807, 2.05) is 13.8 Å². The minimum absolute atomic E-state index is 0.0611. The van der Waals surface area contributed by atoms with Crippen LogP contribution in [0.15, 0.2) is 41.8 Å². The van der Waals surface area contributed by atoms with Gasteiger partial charge >= 0.3 is 6.61 Å². The molecule has 0 spiro atoms. The van der Waals surface area contributed by atoms with Crippen LogP contribution in [0.3, 0.4) is 0 Å². The number of hydrogen-bond donors (Lipinski definition) is 1. The maximum Gasteiger partial charge on any atom is 0.387 e. The minimum atomic E-state index is -2.88. The largest absolute Gasteiger partial charge is 0.435 e. The standard InChI is InChI=1S/C19H22F2N2O3S/c1-12(2)16(22-17(24)15-5-4-10-27-15)18(25)23(3)11-13-6-8-14(9-7-13)26-19(20)21/h4-10,12,16,19H,11H2,1-3H3,(H,22,24)/t16-/m1/s1. The molecule has 2 rings (SSSR count). The highest BCUT2D eigenvalue weighted by Crippen LogP contribution is 2.17. The quantitative estimate of drug-likeness (QED) is 0.739. The smallest absolute Gasteiger partial charge is 0.387 e. The number of rotatable bonds is 8. The summed E-state index contributed by atoms with van der Waals surface area (Å²) in [7, 11) is 1.64. The fourth-order valence-electron chi connectivity index (χ4n) is 2.50. The van der Waals surface area contributed by atoms with Gasteiger partial charge in [0.2, 0.25) is 5.91 Å². The Labute approximate surface area is 160 Å². The first-order chi connectivity index (χ1) is 12.8. The maximum absolute atomic E-state index is 12.8. The molecule has 0 saturated heterocycles. The number of ether oxygens (including phenoxy) is 1. The van der Waals surface area contributed by atoms with Crippen LogP contribution < -0.4 is 10.1 Å². The van der Waals surface area contributed by atoms with E-state index in [1.54, 1.807) is 36.7 Å². The van der Waals surface area contributed by atoms with Crippen molar-refractivity contribution < 1.29 is 23.1 Å². The van der Waals surface area contributed by atoms with Crippen LogP contribution in [0.5, 0.6) is 5.75 Å². The first-order valence-electron chi connectivity index (χ1n) is 8.41. The number of thiophene rings is 1. The molecule has 0 unspecified atom stereocenters. The molecule has 146 valence electrons. The Morgan fingerprint density at radius 1 is 1.19 bits per heavy atom. The Hall–Kier alpha value is -2.48. The van der Waals surface area contributed by atoms with Crippen LogP contribution in [0.1, 0.15) is 29.1 Å². The lowest BCUT2D eigenvalue weighted by Gasteiger charge is -2.27. The number of alkyl halides is 2. The van der Waals surface area contributed by atoms with Crippen LogP contribution in [-0.2, 0) is 11.3 Å². The zero-order valence-electron chi connectivity index (χ0n) is 15.3. The molecule has 1 aromatic carbocycles. The average molecular weight is 396 g/mol. The Balaban J connectivity index is 2.01. The Kier molecular flexibility index (Phi) is 7.29. The van der Waals surface area contributed by atoms with Gasteiger partial charge in [-0.05, 0) is 35.1 Å². The van der Waals surface area contributed by atoms with Gasteiger partial charge in [0.25, 0.3) is 5.91 Å². The summed E-state index contributed by atoms with van der Waals surface area (Å²) < 4.78 is 28.7. The fourth-order valence-corrected chi connectivity index (χ4v) is 3.13. The monoisotopic (exact) mass is 396 g/mol. The van der Waals surface area contributed by atoms with Crippen molar-refractivity contribution in [2.45, 2.75) is 33.0 Å². The van der Waals surface area contributed by atoms with Crippen LogP contribution in [0.2, 0.25) is 0 Å². The van der Waals surface area contributed by atoms with Crippen molar-refractivity contribution in [3.8, 4) is 5.75 Å². The SMILES string of the molecule is CC(C)[C@@H](NC(=O)c1cccs1)C(=O)N(C)Cc1ccc(OC(F)F)cc1. The van der Waals surface area contributed by atoms with Crippen molar-refractivity contribution in [1.82, 2.24) is 10.2 Å². The third-order valence-electron chi connectivity index (χ3n) is 3.91. The van der Waals surface area contributed by atoms with E-state index in [1.165, 1.54) is 28.4 Å². The second-order valence-corrected chi connectivity index (χ2v) is 7.34. The number of carbonyl (C=O) groups excluding carboxylic acids is 2. The van der Waals surface area contributed by atoms with Crippen LogP contribution in [0.4, 0.5) is 8.78 Å². The lowest BCUT2D eigenvalue weighted by molar-refractivity contribution is -0.133. The normalized spacial score (nSPS) is 12.1. The molecule has 2 amide bonds. The molecular formula is C19H22F2N2O3S. The topological polar surface area (TPSA) is 58.6 Å². The first-order valence-corrected chi connectivity index (χ1v) is 9.29. The van der Waals surface area contributed by atoms with Gasteiger partial charge in [-0.3, -0.25) is 9.59 Å². The molecule has 8 heteroatoms. The lowest BCUT2D eigenvalue weighted by atomic mass is 10.0. The van der Waals surface area contributed by atoms with Gasteiger partial charge in [-0.1, -0.05) is 32.0 Å². The average Bonchev–Trinajstić information content (AvgIpc) is 3.14. The molecular weight excluding hydrogens is 374 g/mol. The van der Waals surface area contributed by atoms with Gasteiger partial charge in [0.1, 0.15) is 11.8 Å². The van der Waals surface area contributed by atoms with Crippen molar-refractivity contribution in [3.05, 3.63) is 52.2 Å². The molecule has 0 bridgehead atoms. The summed E-state index contributed by atoms with van der Waals surface area (Å²) in [6, 6.07) is 8.92. The van der Waals surface area contributed by atoms with Gasteiger partial charge in [0.05, 0.1) is 4.88 Å². The molecule has 27 heavy (non-hydrogen) atoms. The van der Waals surface area contributed by atoms with E-state index in [4.69, 9.17) is 0 Å². The molecule has 1 atom stereocenters. The van der Waals surface area contributed by atoms with E-state index in [2.05, 4.69) is 10.1 Å². The molecule has 2 aromatic rings. The molecule has 0 aliphatic rings. The van der Waals surface area contributed by atoms with Gasteiger partial charge < -0.3 is 15.0 Å². The predicted molar refractivity (Wildman–Crippen MR) is 100.0 cm³/mol. The van der Waals surface area contributed by atoms with E-state index in [0.29, 0.717) is 4.88 Å². The van der Waals surface area contributed by atoms with Crippen LogP contribution in [0.25, 0.3) is 0 Å². The molecule has 1 aromatic heterocycles. The van der Waals surface area contributed by atoms with Gasteiger partial charge in [-0.25, -0.2) is 0 Å². The predicted octanol–water partition coefficient (Wildman–Crippen LogP) is 3.76. The molecule has 5 nitrogen and oxygen atoms in total. The van der Waals surface area contributed by atoms with Crippen molar-refractivity contribution in [1.29, 1.82) is 0 Å². The molecule has 0 saturated carbocycles. The molecule has 1 heterocycles. The number of hydrogen-bond acceptors (Lipinski definition) is 4. The molecule has 0 aliphatic carbocycles. The zero-order valence-corrected chi connectivity index (χ0v) is 16.1. The molecule has 0 fully saturated rings. The summed E-state index contributed by atoms with van der Waals surface area (Å²) >= 11 is 1.31. The van der Waals surface area contributed by atoms with E-state index in [0.717, 1.165) is 5.56 Å². The minimum Gasteiger partial charge on any atom is -0.435 e. The van der Waals surface area contributed by atoms with Gasteiger partial charge in [-0.2, -0.15) is 8.78 Å². The Bertz CT molecular complexity index is 749. The van der Waals surface area contributed by atoms with Crippen molar-refractivity contribution in [2.75, 3.05) is 7.05 Å². The Morgan fingerprint density at radius 2 is 1.85 bits per heavy atom. The lowest BCUT2D eigenvalue weighted by Crippen LogP contribution is -2.49. The summed E-state index contributed by atoms with van der Waals surface area (Å²) in [6.45, 7) is 1.13. The summed E-state index contributed by atoms with van der Waals surface area (Å²) in [6.07, 6.45) is 0. The number of benzene rings is 1. The zero-order chi connectivity index (χ0) is 20.0. The van der Waals surface area contributed by atoms with Crippen molar-refractivity contribution in [2.24, 2.45) is 5.92 Å². The second-order valence-electron chi connectivity index (χ2n) is 6.39. The first kappa shape index (κ1) is 20.8. The fraction of sp³-hybridized carbons (Fsp3) is 0.368. The maximum atomic E-state index is 12.8. The Morgan fingerprint density at radius 3 is 2.37 bits per heavy atom. The number of amides is 2. The van der Waals surface area contributed by atoms with Crippen LogP contribution in [-0.4, -0.2) is 36.4 Å². The van der Waals surface area contributed by atoms with Gasteiger partial charge in [-0.15, -0.1) is 11.3 Å². The van der Waals surface area contributed by atoms with E-state index < -0.39 is 12.7 Å². The van der Waals surface area contributed by atoms with E-state index in [-0.39, 0.29) is 30.0 Å². The number of nitrogens with one attached hydrogen (secondary N) is 1. The summed E-state index contributed by atoms with van der Waals surface area (Å²) in [5.41, 5.74) is 0.763. The number of nitrogens with zero attached hydrogens (tertiary/aromatic N) is 1. The summed E-state index contributed by atoms with van der Waals surface area (Å²) in [5, 5.41) is 4.59. The number of halogens is 2. The molecule has 0 aliphatic heterocycles. The molecule has 0 radical (unpaired) electrons. The number of likely N-dealkylation sites (N-methyl/N-ethyl adjacent to an activating group) is 1.